The van der Waals surface area contributed by atoms with E-state index in [0.717, 1.165) is 48.2 Å². The first-order valence-electron chi connectivity index (χ1n) is 11.1. The van der Waals surface area contributed by atoms with Gasteiger partial charge in [0.25, 0.3) is 5.88 Å². The predicted molar refractivity (Wildman–Crippen MR) is 123 cm³/mol. The summed E-state index contributed by atoms with van der Waals surface area (Å²) in [5.74, 6) is 1.31. The Morgan fingerprint density at radius 3 is 2.74 bits per heavy atom. The Bertz CT molecular complexity index is 1050. The highest BCUT2D eigenvalue weighted by atomic mass is 16.5. The van der Waals surface area contributed by atoms with Gasteiger partial charge in [0.15, 0.2) is 5.82 Å². The molecule has 2 heterocycles. The molecule has 0 radical (unpaired) electrons. The molecular weight excluding hydrogens is 388 g/mol. The third-order valence-corrected chi connectivity index (χ3v) is 5.61. The molecule has 1 aromatic heterocycles. The van der Waals surface area contributed by atoms with E-state index in [1.807, 2.05) is 36.4 Å². The molecule has 1 atom stereocenters. The lowest BCUT2D eigenvalue weighted by atomic mass is 9.97. The minimum atomic E-state index is -0.0779. The summed E-state index contributed by atoms with van der Waals surface area (Å²) in [4.78, 5) is 24.6. The Balaban J connectivity index is 1.49. The number of aryl methyl sites for hydroxylation is 1. The van der Waals surface area contributed by atoms with Gasteiger partial charge < -0.3 is 15.0 Å². The average Bonchev–Trinajstić information content (AvgIpc) is 2.80. The molecule has 1 aliphatic rings. The Morgan fingerprint density at radius 2 is 1.97 bits per heavy atom. The molecule has 6 heteroatoms. The standard InChI is InChI=1S/C25H30N4O2/c1-3-14-31-25-23(27-21-11-4-5-12-22(21)28-25)29-13-7-10-20(17-29)24(30)26-16-19-9-6-8-18(2)15-19/h4-6,8-9,11-12,15,20H,3,7,10,13-14,16-17H2,1-2H3,(H,26,30)/t20-/m0/s1. The summed E-state index contributed by atoms with van der Waals surface area (Å²) in [5, 5.41) is 3.11. The quantitative estimate of drug-likeness (QED) is 0.621. The van der Waals surface area contributed by atoms with E-state index in [9.17, 15) is 4.79 Å². The second kappa shape index (κ2) is 9.77. The minimum Gasteiger partial charge on any atom is -0.475 e. The summed E-state index contributed by atoms with van der Waals surface area (Å²) in [5.41, 5.74) is 3.98. The van der Waals surface area contributed by atoms with E-state index in [2.05, 4.69) is 36.2 Å². The van der Waals surface area contributed by atoms with E-state index in [4.69, 9.17) is 14.7 Å². The number of nitrogens with one attached hydrogen (secondary N) is 1. The van der Waals surface area contributed by atoms with E-state index in [-0.39, 0.29) is 11.8 Å². The lowest BCUT2D eigenvalue weighted by Crippen LogP contribution is -2.43. The second-order valence-corrected chi connectivity index (χ2v) is 8.18. The van der Waals surface area contributed by atoms with Crippen LogP contribution in [0.2, 0.25) is 0 Å². The number of fused-ring (bicyclic) bond motifs is 1. The van der Waals surface area contributed by atoms with Crippen molar-refractivity contribution in [3.63, 3.8) is 0 Å². The largest absolute Gasteiger partial charge is 0.475 e. The van der Waals surface area contributed by atoms with Gasteiger partial charge in [-0.25, -0.2) is 9.97 Å². The Labute approximate surface area is 183 Å². The maximum Gasteiger partial charge on any atom is 0.258 e. The van der Waals surface area contributed by atoms with Crippen LogP contribution in [-0.4, -0.2) is 35.6 Å². The average molecular weight is 419 g/mol. The molecule has 1 N–H and O–H groups in total. The molecule has 162 valence electrons. The number of aromatic nitrogens is 2. The van der Waals surface area contributed by atoms with Crippen LogP contribution in [0, 0.1) is 12.8 Å². The lowest BCUT2D eigenvalue weighted by Gasteiger charge is -2.33. The number of anilines is 1. The van der Waals surface area contributed by atoms with Crippen molar-refractivity contribution >= 4 is 22.8 Å². The summed E-state index contributed by atoms with van der Waals surface area (Å²) in [6, 6.07) is 16.1. The number of nitrogens with zero attached hydrogens (tertiary/aromatic N) is 3. The first kappa shape index (κ1) is 21.1. The van der Waals surface area contributed by atoms with Gasteiger partial charge >= 0.3 is 0 Å². The third-order valence-electron chi connectivity index (χ3n) is 5.61. The van der Waals surface area contributed by atoms with Crippen LogP contribution in [0.15, 0.2) is 48.5 Å². The summed E-state index contributed by atoms with van der Waals surface area (Å²) < 4.78 is 5.94. The number of benzene rings is 2. The molecule has 0 bridgehead atoms. The number of carbonyl (C=O) groups is 1. The molecule has 4 rings (SSSR count). The van der Waals surface area contributed by atoms with Gasteiger partial charge in [0.2, 0.25) is 5.91 Å². The van der Waals surface area contributed by atoms with Crippen LogP contribution in [0.5, 0.6) is 5.88 Å². The van der Waals surface area contributed by atoms with E-state index < -0.39 is 0 Å². The maximum atomic E-state index is 12.9. The number of rotatable bonds is 7. The maximum absolute atomic E-state index is 12.9. The number of ether oxygens (including phenoxy) is 1. The van der Waals surface area contributed by atoms with E-state index in [1.54, 1.807) is 0 Å². The summed E-state index contributed by atoms with van der Waals surface area (Å²) in [6.45, 7) is 6.75. The molecular formula is C25H30N4O2. The van der Waals surface area contributed by atoms with Gasteiger partial charge in [0, 0.05) is 19.6 Å². The summed E-state index contributed by atoms with van der Waals surface area (Å²) in [6.07, 6.45) is 2.71. The van der Waals surface area contributed by atoms with E-state index in [1.165, 1.54) is 5.56 Å². The van der Waals surface area contributed by atoms with E-state index in [0.29, 0.717) is 25.6 Å². The fourth-order valence-corrected chi connectivity index (χ4v) is 4.02. The number of hydrogen-bond donors (Lipinski definition) is 1. The minimum absolute atomic E-state index is 0.0779. The summed E-state index contributed by atoms with van der Waals surface area (Å²) in [7, 11) is 0. The molecule has 3 aromatic rings. The van der Waals surface area contributed by atoms with Crippen LogP contribution in [0.25, 0.3) is 11.0 Å². The second-order valence-electron chi connectivity index (χ2n) is 8.18. The molecule has 1 aliphatic heterocycles. The molecule has 1 saturated heterocycles. The zero-order valence-corrected chi connectivity index (χ0v) is 18.3. The third kappa shape index (κ3) is 5.13. The number of hydrogen-bond acceptors (Lipinski definition) is 5. The molecule has 6 nitrogen and oxygen atoms in total. The van der Waals surface area contributed by atoms with Crippen molar-refractivity contribution in [3.8, 4) is 5.88 Å². The van der Waals surface area contributed by atoms with Gasteiger partial charge in [-0.1, -0.05) is 48.9 Å². The van der Waals surface area contributed by atoms with Crippen LogP contribution in [0.4, 0.5) is 5.82 Å². The first-order valence-corrected chi connectivity index (χ1v) is 11.1. The van der Waals surface area contributed by atoms with Gasteiger partial charge in [0.1, 0.15) is 0 Å². The molecule has 1 fully saturated rings. The van der Waals surface area contributed by atoms with Crippen LogP contribution in [0.3, 0.4) is 0 Å². The van der Waals surface area contributed by atoms with Crippen LogP contribution >= 0.6 is 0 Å². The van der Waals surface area contributed by atoms with Crippen LogP contribution in [0.1, 0.15) is 37.3 Å². The fraction of sp³-hybridized carbons (Fsp3) is 0.400. The zero-order chi connectivity index (χ0) is 21.6. The van der Waals surface area contributed by atoms with Crippen molar-refractivity contribution in [2.45, 2.75) is 39.7 Å². The van der Waals surface area contributed by atoms with Crippen molar-refractivity contribution in [2.75, 3.05) is 24.6 Å². The van der Waals surface area contributed by atoms with Gasteiger partial charge in [-0.3, -0.25) is 4.79 Å². The van der Waals surface area contributed by atoms with Gasteiger partial charge in [-0.2, -0.15) is 0 Å². The first-order chi connectivity index (χ1) is 15.1. The summed E-state index contributed by atoms with van der Waals surface area (Å²) >= 11 is 0. The van der Waals surface area contributed by atoms with E-state index >= 15 is 0 Å². The SMILES string of the molecule is CCCOc1nc2ccccc2nc1N1CCC[C@H](C(=O)NCc2cccc(C)c2)C1. The van der Waals surface area contributed by atoms with Crippen molar-refractivity contribution in [2.24, 2.45) is 5.92 Å². The topological polar surface area (TPSA) is 67.4 Å². The van der Waals surface area contributed by atoms with Gasteiger partial charge in [-0.15, -0.1) is 0 Å². The predicted octanol–water partition coefficient (Wildman–Crippen LogP) is 4.26. The molecule has 1 amide bonds. The molecule has 0 saturated carbocycles. The van der Waals surface area contributed by atoms with Crippen molar-refractivity contribution in [1.82, 2.24) is 15.3 Å². The molecule has 0 aliphatic carbocycles. The Hall–Kier alpha value is -3.15. The lowest BCUT2D eigenvalue weighted by molar-refractivity contribution is -0.125. The molecule has 31 heavy (non-hydrogen) atoms. The normalized spacial score (nSPS) is 16.3. The van der Waals surface area contributed by atoms with Crippen molar-refractivity contribution in [1.29, 1.82) is 0 Å². The number of carbonyl (C=O) groups excluding carboxylic acids is 1. The number of piperidine rings is 1. The van der Waals surface area contributed by atoms with Gasteiger partial charge in [0.05, 0.1) is 23.6 Å². The highest BCUT2D eigenvalue weighted by molar-refractivity contribution is 5.80. The van der Waals surface area contributed by atoms with Gasteiger partial charge in [-0.05, 0) is 43.9 Å². The van der Waals surface area contributed by atoms with Crippen molar-refractivity contribution < 1.29 is 9.53 Å². The highest BCUT2D eigenvalue weighted by Crippen LogP contribution is 2.30. The number of amides is 1. The smallest absolute Gasteiger partial charge is 0.258 e. The van der Waals surface area contributed by atoms with Crippen LogP contribution in [-0.2, 0) is 11.3 Å². The molecule has 0 spiro atoms. The fourth-order valence-electron chi connectivity index (χ4n) is 4.02. The number of para-hydroxylation sites is 2. The zero-order valence-electron chi connectivity index (χ0n) is 18.3. The molecule has 0 unspecified atom stereocenters. The monoisotopic (exact) mass is 418 g/mol. The molecule has 2 aromatic carbocycles. The Kier molecular flexibility index (Phi) is 6.65. The Morgan fingerprint density at radius 1 is 1.16 bits per heavy atom. The van der Waals surface area contributed by atoms with Crippen LogP contribution < -0.4 is 15.0 Å². The van der Waals surface area contributed by atoms with Crippen molar-refractivity contribution in [3.05, 3.63) is 59.7 Å². The highest BCUT2D eigenvalue weighted by Gasteiger charge is 2.28.